The number of nitriles is 1. The second kappa shape index (κ2) is 4.77. The lowest BCUT2D eigenvalue weighted by molar-refractivity contribution is 0.183. The Bertz CT molecular complexity index is 324. The van der Waals surface area contributed by atoms with E-state index in [1.165, 1.54) is 0 Å². The quantitative estimate of drug-likeness (QED) is 0.788. The fourth-order valence-corrected chi connectivity index (χ4v) is 1.23. The first-order chi connectivity index (χ1) is 6.63. The molecule has 1 heterocycles. The van der Waals surface area contributed by atoms with Gasteiger partial charge >= 0.3 is 0 Å². The highest BCUT2D eigenvalue weighted by Gasteiger charge is 2.09. The average Bonchev–Trinajstić information content (AvgIpc) is 2.52. The summed E-state index contributed by atoms with van der Waals surface area (Å²) in [6.07, 6.45) is 2.82. The second-order valence-electron chi connectivity index (χ2n) is 3.77. The average molecular weight is 193 g/mol. The van der Waals surface area contributed by atoms with Gasteiger partial charge in [-0.15, -0.1) is 0 Å². The van der Waals surface area contributed by atoms with Gasteiger partial charge in [0.25, 0.3) is 0 Å². The standard InChI is InChI=1S/C10H15N3O/c1-8(2)6-13-7-9(5-12-13)10(14)3-4-11/h5,7-8,10,14H,3,6H2,1-2H3. The van der Waals surface area contributed by atoms with Crippen molar-refractivity contribution in [2.75, 3.05) is 0 Å². The molecule has 1 atom stereocenters. The highest BCUT2D eigenvalue weighted by Crippen LogP contribution is 2.15. The molecule has 4 nitrogen and oxygen atoms in total. The summed E-state index contributed by atoms with van der Waals surface area (Å²) in [7, 11) is 0. The molecule has 0 saturated carbocycles. The van der Waals surface area contributed by atoms with Crippen molar-refractivity contribution in [3.63, 3.8) is 0 Å². The highest BCUT2D eigenvalue weighted by atomic mass is 16.3. The number of aliphatic hydroxyl groups excluding tert-OH is 1. The van der Waals surface area contributed by atoms with E-state index in [1.807, 2.05) is 6.07 Å². The lowest BCUT2D eigenvalue weighted by Crippen LogP contribution is -2.04. The van der Waals surface area contributed by atoms with Gasteiger partial charge in [0.1, 0.15) is 0 Å². The van der Waals surface area contributed by atoms with Gasteiger partial charge in [0.2, 0.25) is 0 Å². The van der Waals surface area contributed by atoms with Crippen LogP contribution in [0.5, 0.6) is 0 Å². The summed E-state index contributed by atoms with van der Waals surface area (Å²) in [6, 6.07) is 1.93. The first-order valence-corrected chi connectivity index (χ1v) is 4.71. The lowest BCUT2D eigenvalue weighted by Gasteiger charge is -2.04. The van der Waals surface area contributed by atoms with Gasteiger partial charge in [-0.05, 0) is 5.92 Å². The maximum absolute atomic E-state index is 9.49. The number of rotatable bonds is 4. The Morgan fingerprint density at radius 3 is 2.93 bits per heavy atom. The topological polar surface area (TPSA) is 61.8 Å². The van der Waals surface area contributed by atoms with Gasteiger partial charge in [0.15, 0.2) is 0 Å². The first-order valence-electron chi connectivity index (χ1n) is 4.71. The van der Waals surface area contributed by atoms with E-state index in [0.29, 0.717) is 11.5 Å². The Kier molecular flexibility index (Phi) is 3.66. The predicted molar refractivity (Wildman–Crippen MR) is 52.3 cm³/mol. The maximum Gasteiger partial charge on any atom is 0.0950 e. The molecule has 14 heavy (non-hydrogen) atoms. The van der Waals surface area contributed by atoms with Gasteiger partial charge in [-0.1, -0.05) is 13.8 Å². The van der Waals surface area contributed by atoms with Crippen molar-refractivity contribution in [3.05, 3.63) is 18.0 Å². The molecule has 0 aromatic carbocycles. The summed E-state index contributed by atoms with van der Waals surface area (Å²) < 4.78 is 1.79. The summed E-state index contributed by atoms with van der Waals surface area (Å²) in [4.78, 5) is 0. The number of nitrogens with zero attached hydrogens (tertiary/aromatic N) is 3. The molecule has 0 fully saturated rings. The van der Waals surface area contributed by atoms with Crippen LogP contribution in [0.2, 0.25) is 0 Å². The molecule has 1 rings (SSSR count). The molecule has 76 valence electrons. The largest absolute Gasteiger partial charge is 0.387 e. The summed E-state index contributed by atoms with van der Waals surface area (Å²) in [6.45, 7) is 5.04. The van der Waals surface area contributed by atoms with Crippen LogP contribution in [0.25, 0.3) is 0 Å². The molecule has 1 N–H and O–H groups in total. The van der Waals surface area contributed by atoms with E-state index >= 15 is 0 Å². The van der Waals surface area contributed by atoms with E-state index in [2.05, 4.69) is 18.9 Å². The molecule has 0 bridgehead atoms. The van der Waals surface area contributed by atoms with E-state index in [4.69, 9.17) is 5.26 Å². The van der Waals surface area contributed by atoms with E-state index in [0.717, 1.165) is 6.54 Å². The Balaban J connectivity index is 2.64. The number of hydrogen-bond acceptors (Lipinski definition) is 3. The van der Waals surface area contributed by atoms with Crippen LogP contribution in [-0.4, -0.2) is 14.9 Å². The third-order valence-corrected chi connectivity index (χ3v) is 1.87. The molecule has 0 aliphatic heterocycles. The van der Waals surface area contributed by atoms with Crippen LogP contribution in [0.4, 0.5) is 0 Å². The van der Waals surface area contributed by atoms with Gasteiger partial charge in [-0.3, -0.25) is 4.68 Å². The Morgan fingerprint density at radius 2 is 2.36 bits per heavy atom. The molecule has 1 aromatic rings. The predicted octanol–water partition coefficient (Wildman–Crippen LogP) is 1.49. The zero-order valence-corrected chi connectivity index (χ0v) is 8.51. The van der Waals surface area contributed by atoms with Crippen LogP contribution in [0, 0.1) is 17.2 Å². The van der Waals surface area contributed by atoms with Gasteiger partial charge in [-0.25, -0.2) is 0 Å². The van der Waals surface area contributed by atoms with E-state index in [-0.39, 0.29) is 6.42 Å². The van der Waals surface area contributed by atoms with Crippen LogP contribution in [0.15, 0.2) is 12.4 Å². The van der Waals surface area contributed by atoms with Crippen molar-refractivity contribution < 1.29 is 5.11 Å². The van der Waals surface area contributed by atoms with Gasteiger partial charge in [0, 0.05) is 18.3 Å². The third kappa shape index (κ3) is 2.86. The number of aliphatic hydroxyl groups is 1. The zero-order chi connectivity index (χ0) is 10.6. The molecule has 0 spiro atoms. The summed E-state index contributed by atoms with van der Waals surface area (Å²) >= 11 is 0. The monoisotopic (exact) mass is 193 g/mol. The van der Waals surface area contributed by atoms with Gasteiger partial charge in [0.05, 0.1) is 24.8 Å². The molecule has 0 aliphatic carbocycles. The van der Waals surface area contributed by atoms with E-state index in [9.17, 15) is 5.11 Å². The zero-order valence-electron chi connectivity index (χ0n) is 8.51. The fourth-order valence-electron chi connectivity index (χ4n) is 1.23. The Morgan fingerprint density at radius 1 is 1.64 bits per heavy atom. The molecular weight excluding hydrogens is 178 g/mol. The normalized spacial score (nSPS) is 12.8. The Labute approximate surface area is 83.8 Å². The minimum absolute atomic E-state index is 0.118. The Hall–Kier alpha value is -1.34. The maximum atomic E-state index is 9.49. The van der Waals surface area contributed by atoms with Crippen LogP contribution < -0.4 is 0 Å². The molecule has 0 aliphatic rings. The summed E-state index contributed by atoms with van der Waals surface area (Å²) in [5, 5.41) is 22.0. The third-order valence-electron chi connectivity index (χ3n) is 1.87. The molecule has 1 unspecified atom stereocenters. The minimum Gasteiger partial charge on any atom is -0.387 e. The van der Waals surface area contributed by atoms with Gasteiger partial charge in [-0.2, -0.15) is 10.4 Å². The summed E-state index contributed by atoms with van der Waals surface area (Å²) in [5.74, 6) is 0.524. The van der Waals surface area contributed by atoms with Crippen LogP contribution >= 0.6 is 0 Å². The smallest absolute Gasteiger partial charge is 0.0950 e. The van der Waals surface area contributed by atoms with Crippen LogP contribution in [0.1, 0.15) is 31.9 Å². The van der Waals surface area contributed by atoms with Crippen molar-refractivity contribution in [2.24, 2.45) is 5.92 Å². The number of aromatic nitrogens is 2. The molecule has 4 heteroatoms. The second-order valence-corrected chi connectivity index (χ2v) is 3.77. The van der Waals surface area contributed by atoms with E-state index in [1.54, 1.807) is 17.1 Å². The van der Waals surface area contributed by atoms with Crippen molar-refractivity contribution in [1.82, 2.24) is 9.78 Å². The van der Waals surface area contributed by atoms with Crippen molar-refractivity contribution >= 4 is 0 Å². The van der Waals surface area contributed by atoms with Crippen molar-refractivity contribution in [3.8, 4) is 6.07 Å². The minimum atomic E-state index is -0.707. The SMILES string of the molecule is CC(C)Cn1cc(C(O)CC#N)cn1. The molecular formula is C10H15N3O. The summed E-state index contributed by atoms with van der Waals surface area (Å²) in [5.41, 5.74) is 0.715. The van der Waals surface area contributed by atoms with Gasteiger partial charge < -0.3 is 5.11 Å². The molecule has 1 aromatic heterocycles. The molecule has 0 saturated heterocycles. The van der Waals surface area contributed by atoms with E-state index < -0.39 is 6.10 Å². The molecule has 0 radical (unpaired) electrons. The van der Waals surface area contributed by atoms with Crippen LogP contribution in [-0.2, 0) is 6.54 Å². The van der Waals surface area contributed by atoms with Crippen LogP contribution in [0.3, 0.4) is 0 Å². The van der Waals surface area contributed by atoms with Crippen molar-refractivity contribution in [1.29, 1.82) is 5.26 Å². The number of hydrogen-bond donors (Lipinski definition) is 1. The van der Waals surface area contributed by atoms with Crippen molar-refractivity contribution in [2.45, 2.75) is 32.9 Å². The lowest BCUT2D eigenvalue weighted by atomic mass is 10.1. The molecule has 0 amide bonds. The fraction of sp³-hybridized carbons (Fsp3) is 0.600. The highest BCUT2D eigenvalue weighted by molar-refractivity contribution is 5.09. The first kappa shape index (κ1) is 10.7.